The quantitative estimate of drug-likeness (QED) is 0.571. The van der Waals surface area contributed by atoms with Gasteiger partial charge >= 0.3 is 0 Å². The Morgan fingerprint density at radius 2 is 1.70 bits per heavy atom. The van der Waals surface area contributed by atoms with Gasteiger partial charge < -0.3 is 14.2 Å². The molecule has 0 heterocycles. The van der Waals surface area contributed by atoms with E-state index in [0.29, 0.717) is 23.7 Å². The molecule has 0 bridgehead atoms. The minimum absolute atomic E-state index is 0.491. The maximum Gasteiger partial charge on any atom is 0.154 e. The highest BCUT2D eigenvalue weighted by molar-refractivity contribution is 5.89. The van der Waals surface area contributed by atoms with Crippen LogP contribution in [0.25, 0.3) is 12.2 Å². The molecule has 4 heteroatoms. The molecular formula is C19H20O4. The van der Waals surface area contributed by atoms with E-state index in [9.17, 15) is 4.79 Å². The summed E-state index contributed by atoms with van der Waals surface area (Å²) in [6.07, 6.45) is 4.58. The SMILES string of the molecule is CCOc1ccc(C=Cc2cc(OC)cc(OC)c2C=O)cc1. The summed E-state index contributed by atoms with van der Waals surface area (Å²) in [5.41, 5.74) is 2.24. The molecule has 2 aromatic carbocycles. The highest BCUT2D eigenvalue weighted by atomic mass is 16.5. The molecule has 0 aromatic heterocycles. The molecule has 4 nitrogen and oxygen atoms in total. The van der Waals surface area contributed by atoms with Crippen molar-refractivity contribution in [3.8, 4) is 17.2 Å². The van der Waals surface area contributed by atoms with Crippen LogP contribution in [-0.2, 0) is 0 Å². The van der Waals surface area contributed by atoms with E-state index in [1.165, 1.54) is 7.11 Å². The average Bonchev–Trinajstić information content (AvgIpc) is 2.60. The van der Waals surface area contributed by atoms with Crippen LogP contribution in [0, 0.1) is 0 Å². The van der Waals surface area contributed by atoms with Gasteiger partial charge in [0, 0.05) is 6.07 Å². The van der Waals surface area contributed by atoms with E-state index in [0.717, 1.165) is 23.2 Å². The highest BCUT2D eigenvalue weighted by Gasteiger charge is 2.09. The monoisotopic (exact) mass is 312 g/mol. The summed E-state index contributed by atoms with van der Waals surface area (Å²) in [5.74, 6) is 1.96. The first-order valence-corrected chi connectivity index (χ1v) is 7.34. The summed E-state index contributed by atoms with van der Waals surface area (Å²) < 4.78 is 15.9. The van der Waals surface area contributed by atoms with Crippen LogP contribution in [0.2, 0.25) is 0 Å². The minimum atomic E-state index is 0.491. The molecule has 120 valence electrons. The minimum Gasteiger partial charge on any atom is -0.497 e. The molecule has 0 unspecified atom stereocenters. The van der Waals surface area contributed by atoms with E-state index >= 15 is 0 Å². The van der Waals surface area contributed by atoms with Crippen LogP contribution in [-0.4, -0.2) is 27.1 Å². The number of aldehydes is 1. The fourth-order valence-corrected chi connectivity index (χ4v) is 2.20. The highest BCUT2D eigenvalue weighted by Crippen LogP contribution is 2.29. The molecule has 0 amide bonds. The van der Waals surface area contributed by atoms with Gasteiger partial charge in [0.05, 0.1) is 26.4 Å². The lowest BCUT2D eigenvalue weighted by Gasteiger charge is -2.10. The van der Waals surface area contributed by atoms with Crippen LogP contribution in [0.1, 0.15) is 28.4 Å². The van der Waals surface area contributed by atoms with Crippen molar-refractivity contribution in [2.75, 3.05) is 20.8 Å². The van der Waals surface area contributed by atoms with Crippen molar-refractivity contribution in [1.29, 1.82) is 0 Å². The molecule has 0 atom stereocenters. The van der Waals surface area contributed by atoms with Crippen LogP contribution < -0.4 is 14.2 Å². The maximum absolute atomic E-state index is 11.4. The van der Waals surface area contributed by atoms with E-state index in [-0.39, 0.29) is 0 Å². The second-order valence-corrected chi connectivity index (χ2v) is 4.79. The van der Waals surface area contributed by atoms with E-state index in [2.05, 4.69) is 0 Å². The van der Waals surface area contributed by atoms with Crippen molar-refractivity contribution in [2.45, 2.75) is 6.92 Å². The number of hydrogen-bond acceptors (Lipinski definition) is 4. The number of carbonyl (C=O) groups is 1. The lowest BCUT2D eigenvalue weighted by Crippen LogP contribution is -1.96. The predicted octanol–water partition coefficient (Wildman–Crippen LogP) is 4.09. The zero-order chi connectivity index (χ0) is 16.7. The van der Waals surface area contributed by atoms with Crippen molar-refractivity contribution >= 4 is 18.4 Å². The number of methoxy groups -OCH3 is 2. The maximum atomic E-state index is 11.4. The van der Waals surface area contributed by atoms with Crippen LogP contribution in [0.5, 0.6) is 17.2 Å². The number of ether oxygens (including phenoxy) is 3. The topological polar surface area (TPSA) is 44.8 Å². The van der Waals surface area contributed by atoms with Crippen molar-refractivity contribution in [3.63, 3.8) is 0 Å². The molecule has 0 radical (unpaired) electrons. The third kappa shape index (κ3) is 4.13. The second-order valence-electron chi connectivity index (χ2n) is 4.79. The summed E-state index contributed by atoms with van der Waals surface area (Å²) >= 11 is 0. The summed E-state index contributed by atoms with van der Waals surface area (Å²) in [5, 5.41) is 0. The Morgan fingerprint density at radius 3 is 2.26 bits per heavy atom. The normalized spacial score (nSPS) is 10.6. The van der Waals surface area contributed by atoms with Crippen molar-refractivity contribution in [2.24, 2.45) is 0 Å². The largest absolute Gasteiger partial charge is 0.497 e. The second kappa shape index (κ2) is 8.03. The lowest BCUT2D eigenvalue weighted by molar-refractivity contribution is 0.112. The summed E-state index contributed by atoms with van der Waals surface area (Å²) in [6.45, 7) is 2.59. The van der Waals surface area contributed by atoms with Gasteiger partial charge in [-0.05, 0) is 36.2 Å². The smallest absolute Gasteiger partial charge is 0.154 e. The third-order valence-corrected chi connectivity index (χ3v) is 3.37. The molecule has 0 saturated heterocycles. The first kappa shape index (κ1) is 16.6. The molecule has 2 rings (SSSR count). The van der Waals surface area contributed by atoms with Gasteiger partial charge in [-0.3, -0.25) is 4.79 Å². The van der Waals surface area contributed by atoms with Gasteiger partial charge in [0.2, 0.25) is 0 Å². The van der Waals surface area contributed by atoms with Gasteiger partial charge in [-0.2, -0.15) is 0 Å². The third-order valence-electron chi connectivity index (χ3n) is 3.37. The molecule has 23 heavy (non-hydrogen) atoms. The summed E-state index contributed by atoms with van der Waals surface area (Å²) in [4.78, 5) is 11.4. The molecule has 2 aromatic rings. The van der Waals surface area contributed by atoms with Crippen LogP contribution in [0.4, 0.5) is 0 Å². The number of benzene rings is 2. The Labute approximate surface area is 136 Å². The lowest BCUT2D eigenvalue weighted by atomic mass is 10.0. The van der Waals surface area contributed by atoms with Crippen molar-refractivity contribution in [1.82, 2.24) is 0 Å². The van der Waals surface area contributed by atoms with Crippen molar-refractivity contribution in [3.05, 3.63) is 53.1 Å². The Morgan fingerprint density at radius 1 is 0.957 bits per heavy atom. The van der Waals surface area contributed by atoms with Crippen molar-refractivity contribution < 1.29 is 19.0 Å². The standard InChI is InChI=1S/C19H20O4/c1-4-23-16-9-6-14(7-10-16)5-8-15-11-17(21-2)12-19(22-3)18(15)13-20/h5-13H,4H2,1-3H3. The van der Waals surface area contributed by atoms with Gasteiger partial charge in [-0.1, -0.05) is 24.3 Å². The average molecular weight is 312 g/mol. The Balaban J connectivity index is 2.32. The molecule has 0 fully saturated rings. The molecule has 0 aliphatic carbocycles. The Bertz CT molecular complexity index is 687. The van der Waals surface area contributed by atoms with E-state index < -0.39 is 0 Å². The van der Waals surface area contributed by atoms with Gasteiger partial charge in [0.25, 0.3) is 0 Å². The first-order valence-electron chi connectivity index (χ1n) is 7.34. The van der Waals surface area contributed by atoms with Gasteiger partial charge in [0.15, 0.2) is 6.29 Å². The fraction of sp³-hybridized carbons (Fsp3) is 0.211. The number of rotatable bonds is 7. The zero-order valence-electron chi connectivity index (χ0n) is 13.5. The van der Waals surface area contributed by atoms with Crippen LogP contribution in [0.3, 0.4) is 0 Å². The molecule has 0 saturated carbocycles. The molecule has 0 aliphatic rings. The van der Waals surface area contributed by atoms with Gasteiger partial charge in [-0.25, -0.2) is 0 Å². The van der Waals surface area contributed by atoms with E-state index in [1.54, 1.807) is 19.2 Å². The van der Waals surface area contributed by atoms with E-state index in [4.69, 9.17) is 14.2 Å². The van der Waals surface area contributed by atoms with Crippen LogP contribution in [0.15, 0.2) is 36.4 Å². The van der Waals surface area contributed by atoms with Crippen LogP contribution >= 0.6 is 0 Å². The summed E-state index contributed by atoms with van der Waals surface area (Å²) in [6, 6.07) is 11.2. The van der Waals surface area contributed by atoms with E-state index in [1.807, 2.05) is 43.3 Å². The Kier molecular flexibility index (Phi) is 5.80. The number of carbonyl (C=O) groups excluding carboxylic acids is 1. The fourth-order valence-electron chi connectivity index (χ4n) is 2.20. The zero-order valence-corrected chi connectivity index (χ0v) is 13.5. The Hall–Kier alpha value is -2.75. The number of hydrogen-bond donors (Lipinski definition) is 0. The first-order chi connectivity index (χ1) is 11.2. The molecule has 0 aliphatic heterocycles. The van der Waals surface area contributed by atoms with Gasteiger partial charge in [-0.15, -0.1) is 0 Å². The molecule has 0 N–H and O–H groups in total. The molecule has 0 spiro atoms. The molecular weight excluding hydrogens is 292 g/mol. The summed E-state index contributed by atoms with van der Waals surface area (Å²) in [7, 11) is 3.11. The van der Waals surface area contributed by atoms with Gasteiger partial charge in [0.1, 0.15) is 17.2 Å². The predicted molar refractivity (Wildman–Crippen MR) is 91.5 cm³/mol.